The number of rotatable bonds is 1. The number of hydrogen-bond acceptors (Lipinski definition) is 1. The molecule has 16 heavy (non-hydrogen) atoms. The third kappa shape index (κ3) is 1.63. The Kier molecular flexibility index (Phi) is 2.80. The zero-order valence-electron chi connectivity index (χ0n) is 9.51. The van der Waals surface area contributed by atoms with Gasteiger partial charge in [-0.3, -0.25) is 0 Å². The smallest absolute Gasteiger partial charge is 0.0210 e. The fraction of sp³-hybridized carbons (Fsp3) is 0.571. The molecule has 1 aromatic carbocycles. The van der Waals surface area contributed by atoms with Crippen molar-refractivity contribution >= 4 is 15.9 Å². The maximum Gasteiger partial charge on any atom is 0.0210 e. The highest BCUT2D eigenvalue weighted by Gasteiger charge is 2.45. The first-order chi connectivity index (χ1) is 7.82. The van der Waals surface area contributed by atoms with E-state index in [1.165, 1.54) is 42.3 Å². The molecule has 1 atom stereocenters. The molecule has 1 nitrogen and oxygen atoms in total. The standard InChI is InChI=1S/C14H18BrN/c15-13-6-2-1-5-11(13)12-9-16-10-14(12)7-3-4-8-14/h1-2,5-6,12,16H,3-4,7-10H2. The van der Waals surface area contributed by atoms with E-state index in [1.807, 2.05) is 0 Å². The van der Waals surface area contributed by atoms with Crippen molar-refractivity contribution in [3.05, 3.63) is 34.3 Å². The van der Waals surface area contributed by atoms with Crippen molar-refractivity contribution < 1.29 is 0 Å². The van der Waals surface area contributed by atoms with Crippen LogP contribution in [-0.2, 0) is 0 Å². The third-order valence-electron chi connectivity index (χ3n) is 4.44. The molecule has 0 bridgehead atoms. The molecule has 2 heteroatoms. The van der Waals surface area contributed by atoms with Crippen LogP contribution in [0.1, 0.15) is 37.2 Å². The summed E-state index contributed by atoms with van der Waals surface area (Å²) in [7, 11) is 0. The van der Waals surface area contributed by atoms with Crippen LogP contribution >= 0.6 is 15.9 Å². The zero-order chi connectivity index (χ0) is 11.0. The van der Waals surface area contributed by atoms with Gasteiger partial charge in [-0.15, -0.1) is 0 Å². The highest BCUT2D eigenvalue weighted by Crippen LogP contribution is 2.51. The molecule has 2 fully saturated rings. The van der Waals surface area contributed by atoms with E-state index in [2.05, 4.69) is 45.5 Å². The van der Waals surface area contributed by atoms with Crippen LogP contribution in [0.15, 0.2) is 28.7 Å². The highest BCUT2D eigenvalue weighted by atomic mass is 79.9. The Bertz CT molecular complexity index is 377. The number of hydrogen-bond donors (Lipinski definition) is 1. The summed E-state index contributed by atoms with van der Waals surface area (Å²) < 4.78 is 1.29. The van der Waals surface area contributed by atoms with Gasteiger partial charge in [0.2, 0.25) is 0 Å². The Morgan fingerprint density at radius 2 is 1.94 bits per heavy atom. The van der Waals surface area contributed by atoms with Crippen LogP contribution in [0.3, 0.4) is 0 Å². The van der Waals surface area contributed by atoms with E-state index < -0.39 is 0 Å². The molecule has 1 heterocycles. The van der Waals surface area contributed by atoms with Crippen molar-refractivity contribution in [2.24, 2.45) is 5.41 Å². The Balaban J connectivity index is 1.97. The normalized spacial score (nSPS) is 27.7. The molecular formula is C14H18BrN. The molecule has 1 saturated heterocycles. The first-order valence-corrected chi connectivity index (χ1v) is 7.06. The lowest BCUT2D eigenvalue weighted by Crippen LogP contribution is -2.25. The van der Waals surface area contributed by atoms with Gasteiger partial charge < -0.3 is 5.32 Å². The second-order valence-corrected chi connectivity index (χ2v) is 6.13. The summed E-state index contributed by atoms with van der Waals surface area (Å²) in [6, 6.07) is 8.75. The SMILES string of the molecule is Brc1ccccc1C1CNCC12CCCC2. The van der Waals surface area contributed by atoms with Gasteiger partial charge in [-0.05, 0) is 29.9 Å². The van der Waals surface area contributed by atoms with Gasteiger partial charge in [-0.1, -0.05) is 47.0 Å². The molecule has 1 aromatic rings. The number of halogens is 1. The van der Waals surface area contributed by atoms with Crippen LogP contribution < -0.4 is 5.32 Å². The lowest BCUT2D eigenvalue weighted by atomic mass is 9.73. The van der Waals surface area contributed by atoms with E-state index in [0.717, 1.165) is 6.54 Å². The Labute approximate surface area is 106 Å². The van der Waals surface area contributed by atoms with Crippen molar-refractivity contribution in [3.8, 4) is 0 Å². The van der Waals surface area contributed by atoms with Crippen LogP contribution in [0.5, 0.6) is 0 Å². The Hall–Kier alpha value is -0.340. The summed E-state index contributed by atoms with van der Waals surface area (Å²) in [6.07, 6.45) is 5.66. The van der Waals surface area contributed by atoms with E-state index in [4.69, 9.17) is 0 Å². The fourth-order valence-electron chi connectivity index (χ4n) is 3.61. The largest absolute Gasteiger partial charge is 0.316 e. The van der Waals surface area contributed by atoms with Gasteiger partial charge in [0, 0.05) is 23.5 Å². The summed E-state index contributed by atoms with van der Waals surface area (Å²) in [5, 5.41) is 3.61. The van der Waals surface area contributed by atoms with Gasteiger partial charge in [0.1, 0.15) is 0 Å². The van der Waals surface area contributed by atoms with Crippen molar-refractivity contribution in [2.45, 2.75) is 31.6 Å². The van der Waals surface area contributed by atoms with Crippen LogP contribution in [0.4, 0.5) is 0 Å². The minimum atomic E-state index is 0.559. The molecule has 1 unspecified atom stereocenters. The van der Waals surface area contributed by atoms with Crippen molar-refractivity contribution in [1.29, 1.82) is 0 Å². The summed E-state index contributed by atoms with van der Waals surface area (Å²) >= 11 is 3.71. The van der Waals surface area contributed by atoms with Crippen LogP contribution in [0, 0.1) is 5.41 Å². The summed E-state index contributed by atoms with van der Waals surface area (Å²) in [4.78, 5) is 0. The number of benzene rings is 1. The zero-order valence-corrected chi connectivity index (χ0v) is 11.1. The minimum Gasteiger partial charge on any atom is -0.316 e. The molecule has 0 aromatic heterocycles. The molecular weight excluding hydrogens is 262 g/mol. The Morgan fingerprint density at radius 1 is 1.19 bits per heavy atom. The average molecular weight is 280 g/mol. The predicted octanol–water partition coefficient (Wildman–Crippen LogP) is 3.70. The van der Waals surface area contributed by atoms with E-state index in [0.29, 0.717) is 11.3 Å². The topological polar surface area (TPSA) is 12.0 Å². The third-order valence-corrected chi connectivity index (χ3v) is 5.17. The van der Waals surface area contributed by atoms with Crippen LogP contribution in [0.2, 0.25) is 0 Å². The second-order valence-electron chi connectivity index (χ2n) is 5.27. The quantitative estimate of drug-likeness (QED) is 0.827. The molecule has 86 valence electrons. The van der Waals surface area contributed by atoms with Gasteiger partial charge >= 0.3 is 0 Å². The molecule has 1 N–H and O–H groups in total. The summed E-state index contributed by atoms with van der Waals surface area (Å²) in [5.41, 5.74) is 2.07. The fourth-order valence-corrected chi connectivity index (χ4v) is 4.17. The number of nitrogens with one attached hydrogen (secondary N) is 1. The van der Waals surface area contributed by atoms with E-state index in [-0.39, 0.29) is 0 Å². The predicted molar refractivity (Wildman–Crippen MR) is 70.7 cm³/mol. The molecule has 0 amide bonds. The molecule has 1 aliphatic heterocycles. The first kappa shape index (κ1) is 10.8. The monoisotopic (exact) mass is 279 g/mol. The molecule has 3 rings (SSSR count). The Morgan fingerprint density at radius 3 is 2.69 bits per heavy atom. The van der Waals surface area contributed by atoms with Crippen molar-refractivity contribution in [1.82, 2.24) is 5.32 Å². The first-order valence-electron chi connectivity index (χ1n) is 6.27. The highest BCUT2D eigenvalue weighted by molar-refractivity contribution is 9.10. The molecule has 1 aliphatic carbocycles. The maximum atomic E-state index is 3.71. The summed E-state index contributed by atoms with van der Waals surface area (Å²) in [5.74, 6) is 0.713. The second kappa shape index (κ2) is 4.15. The van der Waals surface area contributed by atoms with Crippen molar-refractivity contribution in [2.75, 3.05) is 13.1 Å². The molecule has 1 saturated carbocycles. The van der Waals surface area contributed by atoms with E-state index in [9.17, 15) is 0 Å². The minimum absolute atomic E-state index is 0.559. The van der Waals surface area contributed by atoms with Gasteiger partial charge in [-0.25, -0.2) is 0 Å². The van der Waals surface area contributed by atoms with Crippen molar-refractivity contribution in [3.63, 3.8) is 0 Å². The molecule has 0 radical (unpaired) electrons. The van der Waals surface area contributed by atoms with Gasteiger partial charge in [0.05, 0.1) is 0 Å². The molecule has 1 spiro atoms. The van der Waals surface area contributed by atoms with Gasteiger partial charge in [0.15, 0.2) is 0 Å². The lowest BCUT2D eigenvalue weighted by Gasteiger charge is -2.31. The van der Waals surface area contributed by atoms with E-state index in [1.54, 1.807) is 0 Å². The average Bonchev–Trinajstić information content (AvgIpc) is 2.91. The van der Waals surface area contributed by atoms with Gasteiger partial charge in [0.25, 0.3) is 0 Å². The maximum absolute atomic E-state index is 3.71. The van der Waals surface area contributed by atoms with Crippen LogP contribution in [0.25, 0.3) is 0 Å². The summed E-state index contributed by atoms with van der Waals surface area (Å²) in [6.45, 7) is 2.38. The van der Waals surface area contributed by atoms with Crippen LogP contribution in [-0.4, -0.2) is 13.1 Å². The molecule has 2 aliphatic rings. The lowest BCUT2D eigenvalue weighted by molar-refractivity contribution is 0.294. The van der Waals surface area contributed by atoms with Gasteiger partial charge in [-0.2, -0.15) is 0 Å². The van der Waals surface area contributed by atoms with E-state index >= 15 is 0 Å².